The maximum atomic E-state index is 9.66. The second-order valence-corrected chi connectivity index (χ2v) is 10.1. The van der Waals surface area contributed by atoms with Gasteiger partial charge in [-0.3, -0.25) is 0 Å². The molecule has 1 saturated heterocycles. The molecule has 0 bridgehead atoms. The van der Waals surface area contributed by atoms with Gasteiger partial charge in [0.1, 0.15) is 5.75 Å². The fourth-order valence-electron chi connectivity index (χ4n) is 5.11. The minimum atomic E-state index is 0.290. The number of nitrogens with zero attached hydrogens (tertiary/aromatic N) is 7. The molecule has 2 aromatic carbocycles. The SMILES string of the molecule is CC/C=C/c1ccccc1N(C)c1nc(N2CCN(c3ccc(O)cc3)CC2)nc2c1ncn2CCCCC. The van der Waals surface area contributed by atoms with E-state index in [4.69, 9.17) is 15.0 Å². The van der Waals surface area contributed by atoms with E-state index in [1.165, 1.54) is 12.8 Å². The molecule has 0 atom stereocenters. The first kappa shape index (κ1) is 26.5. The van der Waals surface area contributed by atoms with Gasteiger partial charge < -0.3 is 24.4 Å². The van der Waals surface area contributed by atoms with Crippen LogP contribution < -0.4 is 14.7 Å². The van der Waals surface area contributed by atoms with Crippen molar-refractivity contribution < 1.29 is 5.11 Å². The highest BCUT2D eigenvalue weighted by Gasteiger charge is 2.24. The fraction of sp³-hybridized carbons (Fsp3) is 0.387. The summed E-state index contributed by atoms with van der Waals surface area (Å²) in [6, 6.07) is 15.9. The van der Waals surface area contributed by atoms with Gasteiger partial charge in [-0.15, -0.1) is 0 Å². The molecule has 3 heterocycles. The van der Waals surface area contributed by atoms with Crippen molar-refractivity contribution in [2.45, 2.75) is 46.1 Å². The van der Waals surface area contributed by atoms with E-state index in [1.807, 2.05) is 18.5 Å². The van der Waals surface area contributed by atoms with Crippen molar-refractivity contribution in [2.75, 3.05) is 47.9 Å². The first-order valence-electron chi connectivity index (χ1n) is 14.1. The molecule has 0 aliphatic carbocycles. The number of aryl methyl sites for hydroxylation is 1. The number of hydrogen-bond donors (Lipinski definition) is 1. The van der Waals surface area contributed by atoms with Crippen molar-refractivity contribution in [1.29, 1.82) is 0 Å². The number of rotatable bonds is 10. The maximum Gasteiger partial charge on any atom is 0.229 e. The summed E-state index contributed by atoms with van der Waals surface area (Å²) in [6.07, 6.45) is 10.7. The molecule has 39 heavy (non-hydrogen) atoms. The zero-order valence-electron chi connectivity index (χ0n) is 23.3. The third-order valence-electron chi connectivity index (χ3n) is 7.36. The van der Waals surface area contributed by atoms with E-state index in [0.29, 0.717) is 0 Å². The Morgan fingerprint density at radius 3 is 2.41 bits per heavy atom. The monoisotopic (exact) mass is 525 g/mol. The molecule has 0 radical (unpaired) electrons. The number of hydrogen-bond acceptors (Lipinski definition) is 7. The Hall–Kier alpha value is -4.07. The fourth-order valence-corrected chi connectivity index (χ4v) is 5.11. The Labute approximate surface area is 231 Å². The number of benzene rings is 2. The van der Waals surface area contributed by atoms with Gasteiger partial charge in [0.15, 0.2) is 17.0 Å². The quantitative estimate of drug-likeness (QED) is 0.246. The third kappa shape index (κ3) is 5.85. The van der Waals surface area contributed by atoms with Crippen LogP contribution in [0.15, 0.2) is 60.9 Å². The molecule has 1 fully saturated rings. The summed E-state index contributed by atoms with van der Waals surface area (Å²) in [4.78, 5) is 21.8. The van der Waals surface area contributed by atoms with Crippen molar-refractivity contribution in [2.24, 2.45) is 0 Å². The Kier molecular flexibility index (Phi) is 8.30. The van der Waals surface area contributed by atoms with Gasteiger partial charge in [0, 0.05) is 51.1 Å². The summed E-state index contributed by atoms with van der Waals surface area (Å²) in [6.45, 7) is 8.62. The summed E-state index contributed by atoms with van der Waals surface area (Å²) in [5.41, 5.74) is 5.08. The zero-order chi connectivity index (χ0) is 27.2. The van der Waals surface area contributed by atoms with E-state index in [2.05, 4.69) is 76.6 Å². The number of allylic oxidation sites excluding steroid dienone is 1. The number of para-hydroxylation sites is 1. The number of piperazine rings is 1. The Balaban J connectivity index is 1.49. The molecule has 0 amide bonds. The van der Waals surface area contributed by atoms with Crippen LogP contribution in [-0.2, 0) is 6.54 Å². The maximum absolute atomic E-state index is 9.66. The number of unbranched alkanes of at least 4 members (excludes halogenated alkanes) is 2. The van der Waals surface area contributed by atoms with Crippen LogP contribution in [0.4, 0.5) is 23.1 Å². The molecule has 5 rings (SSSR count). The van der Waals surface area contributed by atoms with Crippen molar-refractivity contribution in [1.82, 2.24) is 19.5 Å². The third-order valence-corrected chi connectivity index (χ3v) is 7.36. The van der Waals surface area contributed by atoms with Gasteiger partial charge >= 0.3 is 0 Å². The second-order valence-electron chi connectivity index (χ2n) is 10.1. The molecule has 1 aliphatic rings. The van der Waals surface area contributed by atoms with Crippen molar-refractivity contribution in [3.8, 4) is 5.75 Å². The molecule has 0 saturated carbocycles. The molecule has 2 aromatic heterocycles. The highest BCUT2D eigenvalue weighted by atomic mass is 16.3. The predicted octanol–water partition coefficient (Wildman–Crippen LogP) is 6.24. The lowest BCUT2D eigenvalue weighted by molar-refractivity contribution is 0.475. The first-order chi connectivity index (χ1) is 19.1. The average molecular weight is 526 g/mol. The van der Waals surface area contributed by atoms with E-state index in [1.54, 1.807) is 12.1 Å². The van der Waals surface area contributed by atoms with E-state index in [-0.39, 0.29) is 5.75 Å². The molecular formula is C31H39N7O. The van der Waals surface area contributed by atoms with Gasteiger partial charge in [-0.25, -0.2) is 4.98 Å². The molecule has 4 aromatic rings. The minimum Gasteiger partial charge on any atom is -0.508 e. The van der Waals surface area contributed by atoms with Gasteiger partial charge in [0.2, 0.25) is 5.95 Å². The largest absolute Gasteiger partial charge is 0.508 e. The van der Waals surface area contributed by atoms with Gasteiger partial charge in [0.25, 0.3) is 0 Å². The number of phenolic OH excluding ortho intramolecular Hbond substituents is 1. The lowest BCUT2D eigenvalue weighted by atomic mass is 10.1. The summed E-state index contributed by atoms with van der Waals surface area (Å²) < 4.78 is 2.18. The van der Waals surface area contributed by atoms with Gasteiger partial charge in [-0.1, -0.05) is 57.0 Å². The van der Waals surface area contributed by atoms with Crippen LogP contribution >= 0.6 is 0 Å². The minimum absolute atomic E-state index is 0.290. The van der Waals surface area contributed by atoms with Gasteiger partial charge in [-0.05, 0) is 48.7 Å². The number of fused-ring (bicyclic) bond motifs is 1. The van der Waals surface area contributed by atoms with Crippen molar-refractivity contribution >= 4 is 40.4 Å². The number of aromatic nitrogens is 4. The number of phenols is 1. The Morgan fingerprint density at radius 1 is 0.923 bits per heavy atom. The van der Waals surface area contributed by atoms with Crippen LogP contribution in [-0.4, -0.2) is 57.9 Å². The second kappa shape index (κ2) is 12.2. The van der Waals surface area contributed by atoms with E-state index in [9.17, 15) is 5.11 Å². The standard InChI is InChI=1S/C31H39N7O/c1-4-6-10-18-38-23-32-28-29(35(3)27-13-9-8-12-24(27)11-7-5-2)33-31(34-30(28)38)37-21-19-36(20-22-37)25-14-16-26(39)17-15-25/h7-9,11-17,23,39H,4-6,10,18-22H2,1-3H3/b11-7+. The van der Waals surface area contributed by atoms with Gasteiger partial charge in [-0.2, -0.15) is 9.97 Å². The van der Waals surface area contributed by atoms with E-state index < -0.39 is 0 Å². The highest BCUT2D eigenvalue weighted by molar-refractivity contribution is 5.89. The molecule has 8 heteroatoms. The normalized spacial score (nSPS) is 14.0. The van der Waals surface area contributed by atoms with Crippen molar-refractivity contribution in [3.63, 3.8) is 0 Å². The van der Waals surface area contributed by atoms with Crippen molar-refractivity contribution in [3.05, 3.63) is 66.5 Å². The number of imidazole rings is 1. The van der Waals surface area contributed by atoms with E-state index >= 15 is 0 Å². The molecule has 204 valence electrons. The zero-order valence-corrected chi connectivity index (χ0v) is 23.3. The summed E-state index contributed by atoms with van der Waals surface area (Å²) in [5.74, 6) is 1.86. The van der Waals surface area contributed by atoms with E-state index in [0.717, 1.165) is 85.4 Å². The lowest BCUT2D eigenvalue weighted by Crippen LogP contribution is -2.47. The molecule has 0 unspecified atom stereocenters. The predicted molar refractivity (Wildman–Crippen MR) is 161 cm³/mol. The Bertz CT molecular complexity index is 1400. The summed E-state index contributed by atoms with van der Waals surface area (Å²) >= 11 is 0. The molecule has 0 spiro atoms. The van der Waals surface area contributed by atoms with Crippen LogP contribution in [0.5, 0.6) is 5.75 Å². The first-order valence-corrected chi connectivity index (χ1v) is 14.1. The van der Waals surface area contributed by atoms with Crippen LogP contribution in [0.3, 0.4) is 0 Å². The number of aromatic hydroxyl groups is 1. The molecule has 8 nitrogen and oxygen atoms in total. The molecular weight excluding hydrogens is 486 g/mol. The highest BCUT2D eigenvalue weighted by Crippen LogP contribution is 2.33. The summed E-state index contributed by atoms with van der Waals surface area (Å²) in [7, 11) is 2.07. The average Bonchev–Trinajstić information content (AvgIpc) is 3.39. The lowest BCUT2D eigenvalue weighted by Gasteiger charge is -2.36. The topological polar surface area (TPSA) is 73.6 Å². The van der Waals surface area contributed by atoms with Crippen LogP contribution in [0.25, 0.3) is 17.2 Å². The van der Waals surface area contributed by atoms with Gasteiger partial charge in [0.05, 0.1) is 6.33 Å². The number of anilines is 4. The smallest absolute Gasteiger partial charge is 0.229 e. The van der Waals surface area contributed by atoms with Crippen LogP contribution in [0.2, 0.25) is 0 Å². The Morgan fingerprint density at radius 2 is 1.67 bits per heavy atom. The summed E-state index contributed by atoms with van der Waals surface area (Å²) in [5, 5.41) is 9.66. The van der Waals surface area contributed by atoms with Crippen LogP contribution in [0, 0.1) is 0 Å². The van der Waals surface area contributed by atoms with Crippen LogP contribution in [0.1, 0.15) is 45.1 Å². The molecule has 1 N–H and O–H groups in total. The molecule has 1 aliphatic heterocycles.